The Bertz CT molecular complexity index is 372. The van der Waals surface area contributed by atoms with Crippen LogP contribution in [0.2, 0.25) is 0 Å². The largest absolute Gasteiger partial charge is 0.391 e. The fraction of sp³-hybridized carbons (Fsp3) is 0.933. The Morgan fingerprint density at radius 1 is 1.24 bits per heavy atom. The van der Waals surface area contributed by atoms with E-state index < -0.39 is 18.0 Å². The molecule has 1 saturated carbocycles. The normalized spacial score (nSPS) is 34.8. The highest BCUT2D eigenvalue weighted by atomic mass is 19.4. The van der Waals surface area contributed by atoms with Gasteiger partial charge in [-0.05, 0) is 38.6 Å². The van der Waals surface area contributed by atoms with Crippen molar-refractivity contribution < 1.29 is 18.0 Å². The lowest BCUT2D eigenvalue weighted by Gasteiger charge is -2.40. The van der Waals surface area contributed by atoms with Gasteiger partial charge in [0, 0.05) is 25.0 Å². The predicted molar refractivity (Wildman–Crippen MR) is 74.7 cm³/mol. The average Bonchev–Trinajstić information content (AvgIpc) is 2.45. The van der Waals surface area contributed by atoms with Gasteiger partial charge in [0.05, 0.1) is 5.92 Å². The highest BCUT2D eigenvalue weighted by Crippen LogP contribution is 2.40. The quantitative estimate of drug-likeness (QED) is 0.851. The van der Waals surface area contributed by atoms with E-state index in [0.717, 1.165) is 6.42 Å². The molecule has 2 rings (SSSR count). The number of nitrogens with one attached hydrogen (secondary N) is 1. The van der Waals surface area contributed by atoms with Crippen molar-refractivity contribution in [2.24, 2.45) is 17.8 Å². The zero-order chi connectivity index (χ0) is 15.6. The highest BCUT2D eigenvalue weighted by Gasteiger charge is 2.44. The number of alkyl halides is 3. The van der Waals surface area contributed by atoms with Crippen LogP contribution in [0.1, 0.15) is 39.0 Å². The van der Waals surface area contributed by atoms with Gasteiger partial charge in [0.25, 0.3) is 0 Å². The van der Waals surface area contributed by atoms with Gasteiger partial charge in [-0.15, -0.1) is 0 Å². The summed E-state index contributed by atoms with van der Waals surface area (Å²) in [5.74, 6) is -1.46. The van der Waals surface area contributed by atoms with Gasteiger partial charge < -0.3 is 10.2 Å². The van der Waals surface area contributed by atoms with E-state index in [1.165, 1.54) is 0 Å². The van der Waals surface area contributed by atoms with Crippen molar-refractivity contribution in [3.8, 4) is 0 Å². The number of likely N-dealkylation sites (tertiary alicyclic amines) is 1. The van der Waals surface area contributed by atoms with Crippen molar-refractivity contribution in [1.82, 2.24) is 10.2 Å². The van der Waals surface area contributed by atoms with Crippen LogP contribution in [0.3, 0.4) is 0 Å². The van der Waals surface area contributed by atoms with Crippen LogP contribution >= 0.6 is 0 Å². The van der Waals surface area contributed by atoms with E-state index in [0.29, 0.717) is 37.9 Å². The van der Waals surface area contributed by atoms with Gasteiger partial charge in [0.2, 0.25) is 5.91 Å². The molecule has 1 saturated heterocycles. The molecule has 0 aromatic carbocycles. The van der Waals surface area contributed by atoms with E-state index in [9.17, 15) is 18.0 Å². The van der Waals surface area contributed by atoms with E-state index in [4.69, 9.17) is 0 Å². The summed E-state index contributed by atoms with van der Waals surface area (Å²) in [6.07, 6.45) is -2.03. The van der Waals surface area contributed by atoms with Gasteiger partial charge in [-0.2, -0.15) is 13.2 Å². The number of carbonyl (C=O) groups is 1. The van der Waals surface area contributed by atoms with E-state index >= 15 is 0 Å². The summed E-state index contributed by atoms with van der Waals surface area (Å²) in [6, 6.07) is 0.392. The Kier molecular flexibility index (Phi) is 5.17. The van der Waals surface area contributed by atoms with Crippen LogP contribution in [0.25, 0.3) is 0 Å². The molecule has 4 atom stereocenters. The van der Waals surface area contributed by atoms with Gasteiger partial charge >= 0.3 is 6.18 Å². The molecule has 0 aromatic heterocycles. The SMILES string of the molecule is CNC1CCN(C(=O)C2CCCC(C(F)(F)F)C2)CC1C. The number of hydrogen-bond acceptors (Lipinski definition) is 2. The molecule has 6 heteroatoms. The number of rotatable bonds is 2. The standard InChI is InChI=1S/C15H25F3N2O/c1-10-9-20(7-6-13(10)19-2)14(21)11-4-3-5-12(8-11)15(16,17)18/h10-13,19H,3-9H2,1-2H3. The molecule has 3 nitrogen and oxygen atoms in total. The summed E-state index contributed by atoms with van der Waals surface area (Å²) in [4.78, 5) is 14.3. The van der Waals surface area contributed by atoms with Crippen LogP contribution in [0.4, 0.5) is 13.2 Å². The molecule has 0 radical (unpaired) electrons. The smallest absolute Gasteiger partial charge is 0.342 e. The maximum atomic E-state index is 12.8. The molecule has 2 fully saturated rings. The van der Waals surface area contributed by atoms with E-state index in [1.54, 1.807) is 4.90 Å². The molecule has 21 heavy (non-hydrogen) atoms. The van der Waals surface area contributed by atoms with Gasteiger partial charge in [-0.25, -0.2) is 0 Å². The van der Waals surface area contributed by atoms with Gasteiger partial charge in [0.1, 0.15) is 0 Å². The molecule has 1 heterocycles. The molecular formula is C15H25F3N2O. The third-order valence-corrected chi connectivity index (χ3v) is 5.07. The third-order valence-electron chi connectivity index (χ3n) is 5.07. The van der Waals surface area contributed by atoms with Gasteiger partial charge in [-0.1, -0.05) is 13.3 Å². The Hall–Kier alpha value is -0.780. The Morgan fingerprint density at radius 2 is 1.95 bits per heavy atom. The lowest BCUT2D eigenvalue weighted by molar-refractivity contribution is -0.187. The summed E-state index contributed by atoms with van der Waals surface area (Å²) in [5, 5.41) is 3.23. The van der Waals surface area contributed by atoms with Crippen LogP contribution in [-0.2, 0) is 4.79 Å². The van der Waals surface area contributed by atoms with Crippen molar-refractivity contribution in [2.75, 3.05) is 20.1 Å². The van der Waals surface area contributed by atoms with Crippen molar-refractivity contribution >= 4 is 5.91 Å². The first kappa shape index (κ1) is 16.6. The molecule has 122 valence electrons. The molecule has 0 aromatic rings. The van der Waals surface area contributed by atoms with Crippen molar-refractivity contribution in [3.05, 3.63) is 0 Å². The minimum Gasteiger partial charge on any atom is -0.342 e. The minimum atomic E-state index is -4.16. The van der Waals surface area contributed by atoms with Crippen molar-refractivity contribution in [3.63, 3.8) is 0 Å². The first-order valence-electron chi connectivity index (χ1n) is 7.85. The first-order chi connectivity index (χ1) is 9.82. The second kappa shape index (κ2) is 6.55. The van der Waals surface area contributed by atoms with Gasteiger partial charge in [-0.3, -0.25) is 4.79 Å². The predicted octanol–water partition coefficient (Wildman–Crippen LogP) is 2.81. The third kappa shape index (κ3) is 3.90. The second-order valence-corrected chi connectivity index (χ2v) is 6.55. The maximum absolute atomic E-state index is 12.8. The molecular weight excluding hydrogens is 281 g/mol. The lowest BCUT2D eigenvalue weighted by atomic mass is 9.80. The van der Waals surface area contributed by atoms with Crippen molar-refractivity contribution in [2.45, 2.75) is 51.2 Å². The van der Waals surface area contributed by atoms with Crippen LogP contribution in [0.5, 0.6) is 0 Å². The summed E-state index contributed by atoms with van der Waals surface area (Å²) in [7, 11) is 1.91. The Balaban J connectivity index is 1.94. The molecule has 0 bridgehead atoms. The fourth-order valence-corrected chi connectivity index (χ4v) is 3.74. The van der Waals surface area contributed by atoms with Crippen molar-refractivity contribution in [1.29, 1.82) is 0 Å². The highest BCUT2D eigenvalue weighted by molar-refractivity contribution is 5.79. The second-order valence-electron chi connectivity index (χ2n) is 6.55. The zero-order valence-corrected chi connectivity index (χ0v) is 12.7. The Morgan fingerprint density at radius 3 is 2.52 bits per heavy atom. The molecule has 0 spiro atoms. The number of piperidine rings is 1. The average molecular weight is 306 g/mol. The molecule has 2 aliphatic rings. The first-order valence-corrected chi connectivity index (χ1v) is 7.85. The number of halogens is 3. The van der Waals surface area contributed by atoms with E-state index in [-0.39, 0.29) is 18.7 Å². The molecule has 1 N–H and O–H groups in total. The van der Waals surface area contributed by atoms with E-state index in [1.807, 2.05) is 7.05 Å². The summed E-state index contributed by atoms with van der Waals surface area (Å²) in [6.45, 7) is 3.39. The minimum absolute atomic E-state index is 0.0251. The number of carbonyl (C=O) groups excluding carboxylic acids is 1. The van der Waals surface area contributed by atoms with Crippen LogP contribution < -0.4 is 5.32 Å². The topological polar surface area (TPSA) is 32.3 Å². The number of amides is 1. The summed E-state index contributed by atoms with van der Waals surface area (Å²) >= 11 is 0. The maximum Gasteiger partial charge on any atom is 0.391 e. The summed E-state index contributed by atoms with van der Waals surface area (Å²) in [5.41, 5.74) is 0. The van der Waals surface area contributed by atoms with Crippen LogP contribution in [-0.4, -0.2) is 43.2 Å². The molecule has 1 aliphatic heterocycles. The molecule has 1 amide bonds. The zero-order valence-electron chi connectivity index (χ0n) is 12.7. The molecule has 1 aliphatic carbocycles. The number of nitrogens with zero attached hydrogens (tertiary/aromatic N) is 1. The fourth-order valence-electron chi connectivity index (χ4n) is 3.74. The van der Waals surface area contributed by atoms with E-state index in [2.05, 4.69) is 12.2 Å². The summed E-state index contributed by atoms with van der Waals surface area (Å²) < 4.78 is 38.5. The lowest BCUT2D eigenvalue weighted by Crippen LogP contribution is -2.51. The molecule has 4 unspecified atom stereocenters. The van der Waals surface area contributed by atoms with Crippen LogP contribution in [0.15, 0.2) is 0 Å². The number of hydrogen-bond donors (Lipinski definition) is 1. The Labute approximate surface area is 124 Å². The van der Waals surface area contributed by atoms with Crippen LogP contribution in [0, 0.1) is 17.8 Å². The van der Waals surface area contributed by atoms with Gasteiger partial charge in [0.15, 0.2) is 0 Å². The monoisotopic (exact) mass is 306 g/mol.